The lowest BCUT2D eigenvalue weighted by atomic mass is 10.1. The molecule has 2 heterocycles. The van der Waals surface area contributed by atoms with E-state index in [1.807, 2.05) is 45.0 Å². The van der Waals surface area contributed by atoms with E-state index >= 15 is 0 Å². The molecule has 2 saturated heterocycles. The zero-order chi connectivity index (χ0) is 19.6. The molecule has 3 rings (SSSR count). The minimum Gasteiger partial charge on any atom is -0.444 e. The van der Waals surface area contributed by atoms with Gasteiger partial charge in [-0.2, -0.15) is 0 Å². The highest BCUT2D eigenvalue weighted by Gasteiger charge is 2.32. The van der Waals surface area contributed by atoms with E-state index < -0.39 is 5.60 Å². The number of para-hydroxylation sites is 2. The summed E-state index contributed by atoms with van der Waals surface area (Å²) in [6, 6.07) is 7.89. The summed E-state index contributed by atoms with van der Waals surface area (Å²) in [7, 11) is 0. The van der Waals surface area contributed by atoms with Crippen LogP contribution in [-0.2, 0) is 9.53 Å². The minimum atomic E-state index is -0.496. The van der Waals surface area contributed by atoms with Gasteiger partial charge in [0.2, 0.25) is 5.91 Å². The van der Waals surface area contributed by atoms with E-state index in [4.69, 9.17) is 11.2 Å². The summed E-state index contributed by atoms with van der Waals surface area (Å²) in [5.74, 6) is 2.73. The normalized spacial score (nSPS) is 20.6. The van der Waals surface area contributed by atoms with Gasteiger partial charge < -0.3 is 19.4 Å². The van der Waals surface area contributed by atoms with Crippen molar-refractivity contribution in [1.82, 2.24) is 4.90 Å². The summed E-state index contributed by atoms with van der Waals surface area (Å²) < 4.78 is 5.46. The smallest absolute Gasteiger partial charge is 0.410 e. The first-order valence-corrected chi connectivity index (χ1v) is 9.37. The SMILES string of the molecule is C#CC1CC(=O)N(c2ccccc2N2CCN(C(=O)OC(C)(C)C)CC2)C1. The molecule has 0 bridgehead atoms. The zero-order valence-corrected chi connectivity index (χ0v) is 16.3. The van der Waals surface area contributed by atoms with Crippen molar-refractivity contribution in [2.45, 2.75) is 32.8 Å². The number of ether oxygens (including phenoxy) is 1. The molecular formula is C21H27N3O3. The Labute approximate surface area is 161 Å². The number of hydrogen-bond acceptors (Lipinski definition) is 4. The van der Waals surface area contributed by atoms with Crippen LogP contribution in [0.4, 0.5) is 16.2 Å². The number of amides is 2. The van der Waals surface area contributed by atoms with Crippen LogP contribution in [-0.4, -0.2) is 55.2 Å². The van der Waals surface area contributed by atoms with Crippen LogP contribution in [0.3, 0.4) is 0 Å². The Hall–Kier alpha value is -2.68. The Morgan fingerprint density at radius 2 is 1.78 bits per heavy atom. The Morgan fingerprint density at radius 3 is 2.33 bits per heavy atom. The Kier molecular flexibility index (Phi) is 5.31. The number of benzene rings is 1. The van der Waals surface area contributed by atoms with Gasteiger partial charge in [-0.3, -0.25) is 4.79 Å². The van der Waals surface area contributed by atoms with E-state index in [1.54, 1.807) is 9.80 Å². The number of hydrogen-bond donors (Lipinski definition) is 0. The fourth-order valence-electron chi connectivity index (χ4n) is 3.47. The number of nitrogens with zero attached hydrogens (tertiary/aromatic N) is 3. The second-order valence-corrected chi connectivity index (χ2v) is 8.02. The largest absolute Gasteiger partial charge is 0.444 e. The number of terminal acetylenes is 1. The van der Waals surface area contributed by atoms with Gasteiger partial charge >= 0.3 is 6.09 Å². The number of anilines is 2. The van der Waals surface area contributed by atoms with Crippen LogP contribution in [0.5, 0.6) is 0 Å². The second kappa shape index (κ2) is 7.51. The van der Waals surface area contributed by atoms with Crippen LogP contribution in [0, 0.1) is 18.3 Å². The fraction of sp³-hybridized carbons (Fsp3) is 0.524. The van der Waals surface area contributed by atoms with Crippen LogP contribution >= 0.6 is 0 Å². The summed E-state index contributed by atoms with van der Waals surface area (Å²) >= 11 is 0. The Bertz CT molecular complexity index is 755. The predicted octanol–water partition coefficient (Wildman–Crippen LogP) is 2.73. The third-order valence-corrected chi connectivity index (χ3v) is 4.81. The van der Waals surface area contributed by atoms with Crippen molar-refractivity contribution < 1.29 is 14.3 Å². The monoisotopic (exact) mass is 369 g/mol. The molecule has 0 aromatic heterocycles. The topological polar surface area (TPSA) is 53.1 Å². The van der Waals surface area contributed by atoms with E-state index in [0.29, 0.717) is 39.1 Å². The minimum absolute atomic E-state index is 0.0328. The summed E-state index contributed by atoms with van der Waals surface area (Å²) in [4.78, 5) is 30.4. The second-order valence-electron chi connectivity index (χ2n) is 8.02. The van der Waals surface area contributed by atoms with Crippen molar-refractivity contribution in [3.05, 3.63) is 24.3 Å². The van der Waals surface area contributed by atoms with Crippen molar-refractivity contribution in [3.63, 3.8) is 0 Å². The standard InChI is InChI=1S/C21H27N3O3/c1-5-16-14-19(25)24(15-16)18-9-7-6-8-17(18)22-10-12-23(13-11-22)20(26)27-21(2,3)4/h1,6-9,16H,10-15H2,2-4H3. The average molecular weight is 369 g/mol. The van der Waals surface area contributed by atoms with Crippen LogP contribution < -0.4 is 9.80 Å². The molecule has 1 atom stereocenters. The molecule has 1 aromatic carbocycles. The number of carbonyl (C=O) groups is 2. The summed E-state index contributed by atoms with van der Waals surface area (Å²) in [5.41, 5.74) is 1.41. The van der Waals surface area contributed by atoms with E-state index in [1.165, 1.54) is 0 Å². The maximum Gasteiger partial charge on any atom is 0.410 e. The van der Waals surface area contributed by atoms with Crippen molar-refractivity contribution in [2.24, 2.45) is 5.92 Å². The van der Waals surface area contributed by atoms with Gasteiger partial charge in [-0.15, -0.1) is 12.3 Å². The number of rotatable bonds is 2. The van der Waals surface area contributed by atoms with Crippen LogP contribution in [0.1, 0.15) is 27.2 Å². The highest BCUT2D eigenvalue weighted by molar-refractivity contribution is 5.99. The van der Waals surface area contributed by atoms with Gasteiger partial charge in [0.25, 0.3) is 0 Å². The van der Waals surface area contributed by atoms with Gasteiger partial charge in [0.15, 0.2) is 0 Å². The molecule has 6 heteroatoms. The first-order chi connectivity index (χ1) is 12.8. The molecule has 0 N–H and O–H groups in total. The van der Waals surface area contributed by atoms with Crippen LogP contribution in [0.15, 0.2) is 24.3 Å². The molecule has 0 saturated carbocycles. The highest BCUT2D eigenvalue weighted by atomic mass is 16.6. The van der Waals surface area contributed by atoms with Crippen LogP contribution in [0.25, 0.3) is 0 Å². The summed E-state index contributed by atoms with van der Waals surface area (Å²) in [6.45, 7) is 8.72. The van der Waals surface area contributed by atoms with Gasteiger partial charge in [-0.05, 0) is 32.9 Å². The van der Waals surface area contributed by atoms with Crippen LogP contribution in [0.2, 0.25) is 0 Å². The molecule has 27 heavy (non-hydrogen) atoms. The van der Waals surface area contributed by atoms with E-state index in [9.17, 15) is 9.59 Å². The third kappa shape index (κ3) is 4.36. The lowest BCUT2D eigenvalue weighted by molar-refractivity contribution is -0.117. The molecule has 1 unspecified atom stereocenters. The molecule has 1 aromatic rings. The molecule has 0 radical (unpaired) electrons. The van der Waals surface area contributed by atoms with Gasteiger partial charge in [0.1, 0.15) is 5.60 Å². The Balaban J connectivity index is 1.70. The van der Waals surface area contributed by atoms with Crippen molar-refractivity contribution in [2.75, 3.05) is 42.5 Å². The van der Waals surface area contributed by atoms with E-state index in [-0.39, 0.29) is 17.9 Å². The average Bonchev–Trinajstić information content (AvgIpc) is 3.01. The van der Waals surface area contributed by atoms with Crippen molar-refractivity contribution >= 4 is 23.4 Å². The maximum absolute atomic E-state index is 12.4. The summed E-state index contributed by atoms with van der Waals surface area (Å²) in [5, 5.41) is 0. The predicted molar refractivity (Wildman–Crippen MR) is 106 cm³/mol. The molecule has 2 aliphatic rings. The lowest BCUT2D eigenvalue weighted by Crippen LogP contribution is -2.50. The fourth-order valence-corrected chi connectivity index (χ4v) is 3.47. The highest BCUT2D eigenvalue weighted by Crippen LogP contribution is 2.34. The molecule has 6 nitrogen and oxygen atoms in total. The van der Waals surface area contributed by atoms with E-state index in [2.05, 4.69) is 10.8 Å². The molecule has 144 valence electrons. The number of carbonyl (C=O) groups excluding carboxylic acids is 2. The van der Waals surface area contributed by atoms with Crippen molar-refractivity contribution in [1.29, 1.82) is 0 Å². The first-order valence-electron chi connectivity index (χ1n) is 9.37. The molecular weight excluding hydrogens is 342 g/mol. The first kappa shape index (κ1) is 19.1. The quantitative estimate of drug-likeness (QED) is 0.752. The summed E-state index contributed by atoms with van der Waals surface area (Å²) in [6.07, 6.45) is 5.64. The molecule has 2 fully saturated rings. The molecule has 0 spiro atoms. The van der Waals surface area contributed by atoms with Gasteiger partial charge in [-0.25, -0.2) is 4.79 Å². The van der Waals surface area contributed by atoms with Crippen molar-refractivity contribution in [3.8, 4) is 12.3 Å². The molecule has 0 aliphatic carbocycles. The van der Waals surface area contributed by atoms with Gasteiger partial charge in [-0.1, -0.05) is 12.1 Å². The lowest BCUT2D eigenvalue weighted by Gasteiger charge is -2.38. The molecule has 2 amide bonds. The number of piperazine rings is 1. The Morgan fingerprint density at radius 1 is 1.15 bits per heavy atom. The maximum atomic E-state index is 12.4. The van der Waals surface area contributed by atoms with Gasteiger partial charge in [0, 0.05) is 45.1 Å². The third-order valence-electron chi connectivity index (χ3n) is 4.81. The zero-order valence-electron chi connectivity index (χ0n) is 16.3. The molecule has 2 aliphatic heterocycles. The van der Waals surface area contributed by atoms with Gasteiger partial charge in [0.05, 0.1) is 11.4 Å². The van der Waals surface area contributed by atoms with E-state index in [0.717, 1.165) is 11.4 Å².